The van der Waals surface area contributed by atoms with Crippen LogP contribution in [0.4, 0.5) is 43.8 Å². The van der Waals surface area contributed by atoms with Crippen LogP contribution in [0.1, 0.15) is 5.56 Å². The predicted octanol–water partition coefficient (Wildman–Crippen LogP) is 5.21. The highest BCUT2D eigenvalue weighted by Gasteiger charge is 2.33. The Kier molecular flexibility index (Phi) is 6.72. The van der Waals surface area contributed by atoms with Crippen LogP contribution in [0, 0.1) is 0 Å². The minimum atomic E-state index is -4.90. The maximum atomic E-state index is 13.3. The molecule has 2 aromatic carbocycles. The molecule has 0 unspecified atom stereocenters. The number of aliphatic hydroxyl groups excluding tert-OH is 1. The van der Waals surface area contributed by atoms with E-state index in [0.29, 0.717) is 0 Å². The Morgan fingerprint density at radius 2 is 1.66 bits per heavy atom. The number of nitrogens with zero attached hydrogens (tertiary/aromatic N) is 2. The van der Waals surface area contributed by atoms with E-state index in [2.05, 4.69) is 25.3 Å². The summed E-state index contributed by atoms with van der Waals surface area (Å²) in [4.78, 5) is 8.23. The number of alkyl halides is 6. The summed E-state index contributed by atoms with van der Waals surface area (Å²) in [6.45, 7) is -0.235. The predicted molar refractivity (Wildman–Crippen MR) is 104 cm³/mol. The van der Waals surface area contributed by atoms with E-state index in [0.717, 1.165) is 18.2 Å². The van der Waals surface area contributed by atoms with Gasteiger partial charge < -0.3 is 20.5 Å². The van der Waals surface area contributed by atoms with Crippen molar-refractivity contribution in [3.05, 3.63) is 60.2 Å². The fourth-order valence-electron chi connectivity index (χ4n) is 2.74. The zero-order valence-corrected chi connectivity index (χ0v) is 16.1. The molecule has 0 saturated carbocycles. The Bertz CT molecular complexity index is 1070. The van der Waals surface area contributed by atoms with Gasteiger partial charge in [0.25, 0.3) is 0 Å². The van der Waals surface area contributed by atoms with Crippen molar-refractivity contribution in [2.45, 2.75) is 12.5 Å². The lowest BCUT2D eigenvalue weighted by molar-refractivity contribution is -0.274. The Morgan fingerprint density at radius 1 is 0.906 bits per heavy atom. The average Bonchev–Trinajstić information content (AvgIpc) is 2.71. The van der Waals surface area contributed by atoms with Crippen molar-refractivity contribution in [3.8, 4) is 17.0 Å². The van der Waals surface area contributed by atoms with Crippen molar-refractivity contribution < 1.29 is 36.2 Å². The fourth-order valence-corrected chi connectivity index (χ4v) is 2.74. The van der Waals surface area contributed by atoms with E-state index in [-0.39, 0.29) is 41.9 Å². The number of para-hydroxylation sites is 1. The first-order valence-electron chi connectivity index (χ1n) is 9.08. The summed E-state index contributed by atoms with van der Waals surface area (Å²) in [5, 5.41) is 14.3. The van der Waals surface area contributed by atoms with Gasteiger partial charge in [0.05, 0.1) is 23.6 Å². The molecular formula is C20H16F6N4O2. The molecule has 6 nitrogen and oxygen atoms in total. The second-order valence-corrected chi connectivity index (χ2v) is 6.36. The molecule has 1 aromatic heterocycles. The molecule has 12 heteroatoms. The maximum absolute atomic E-state index is 13.3. The Hall–Kier alpha value is -3.54. The molecule has 3 N–H and O–H groups in total. The van der Waals surface area contributed by atoms with Gasteiger partial charge in [-0.2, -0.15) is 18.2 Å². The zero-order valence-electron chi connectivity index (χ0n) is 16.1. The van der Waals surface area contributed by atoms with Gasteiger partial charge in [-0.15, -0.1) is 13.2 Å². The molecule has 1 heterocycles. The van der Waals surface area contributed by atoms with Crippen LogP contribution >= 0.6 is 0 Å². The summed E-state index contributed by atoms with van der Waals surface area (Å²) in [5.41, 5.74) is -0.883. The van der Waals surface area contributed by atoms with Crippen molar-refractivity contribution in [1.29, 1.82) is 0 Å². The molecule has 170 valence electrons. The average molecular weight is 458 g/mol. The van der Waals surface area contributed by atoms with Crippen molar-refractivity contribution in [2.24, 2.45) is 0 Å². The van der Waals surface area contributed by atoms with E-state index < -0.39 is 23.9 Å². The van der Waals surface area contributed by atoms with Crippen LogP contribution in [0.5, 0.6) is 5.75 Å². The highest BCUT2D eigenvalue weighted by atomic mass is 19.4. The van der Waals surface area contributed by atoms with Gasteiger partial charge in [-0.1, -0.05) is 24.3 Å². The highest BCUT2D eigenvalue weighted by Crippen LogP contribution is 2.36. The molecule has 0 aliphatic carbocycles. The van der Waals surface area contributed by atoms with Gasteiger partial charge in [0.1, 0.15) is 11.6 Å². The highest BCUT2D eigenvalue weighted by molar-refractivity contribution is 5.69. The quantitative estimate of drug-likeness (QED) is 0.422. The molecule has 0 bridgehead atoms. The molecule has 32 heavy (non-hydrogen) atoms. The first-order valence-corrected chi connectivity index (χ1v) is 9.08. The Balaban J connectivity index is 2.01. The topological polar surface area (TPSA) is 79.3 Å². The molecule has 3 aromatic rings. The number of halogens is 6. The zero-order chi connectivity index (χ0) is 23.4. The third kappa shape index (κ3) is 6.23. The molecule has 0 amide bonds. The van der Waals surface area contributed by atoms with E-state index in [9.17, 15) is 26.3 Å². The summed E-state index contributed by atoms with van der Waals surface area (Å²) in [6, 6.07) is 11.0. The van der Waals surface area contributed by atoms with E-state index in [1.165, 1.54) is 36.4 Å². The van der Waals surface area contributed by atoms with Gasteiger partial charge >= 0.3 is 12.5 Å². The molecular weight excluding hydrogens is 442 g/mol. The number of hydrogen-bond donors (Lipinski definition) is 3. The first kappa shape index (κ1) is 23.1. The van der Waals surface area contributed by atoms with Crippen molar-refractivity contribution in [1.82, 2.24) is 9.97 Å². The smallest absolute Gasteiger partial charge is 0.406 e. The Morgan fingerprint density at radius 3 is 2.34 bits per heavy atom. The van der Waals surface area contributed by atoms with Crippen LogP contribution in [0.3, 0.4) is 0 Å². The van der Waals surface area contributed by atoms with Gasteiger partial charge in [-0.3, -0.25) is 0 Å². The maximum Gasteiger partial charge on any atom is 0.573 e. The number of aliphatic hydroxyl groups is 1. The number of rotatable bonds is 7. The summed E-state index contributed by atoms with van der Waals surface area (Å²) < 4.78 is 81.4. The summed E-state index contributed by atoms with van der Waals surface area (Å²) in [5.74, 6) is -0.588. The molecule has 0 atom stereocenters. The van der Waals surface area contributed by atoms with Crippen molar-refractivity contribution in [2.75, 3.05) is 23.8 Å². The van der Waals surface area contributed by atoms with Crippen molar-refractivity contribution in [3.63, 3.8) is 0 Å². The van der Waals surface area contributed by atoms with E-state index in [1.807, 2.05) is 0 Å². The fraction of sp³-hybridized carbons (Fsp3) is 0.200. The number of benzene rings is 2. The number of nitrogens with one attached hydrogen (secondary N) is 2. The van der Waals surface area contributed by atoms with Gasteiger partial charge in [0.2, 0.25) is 5.95 Å². The van der Waals surface area contributed by atoms with Crippen LogP contribution in [-0.4, -0.2) is 34.6 Å². The van der Waals surface area contributed by atoms with Crippen molar-refractivity contribution >= 4 is 17.5 Å². The van der Waals surface area contributed by atoms with E-state index in [1.54, 1.807) is 0 Å². The van der Waals surface area contributed by atoms with Gasteiger partial charge in [0.15, 0.2) is 0 Å². The van der Waals surface area contributed by atoms with Gasteiger partial charge in [-0.25, -0.2) is 4.98 Å². The summed E-state index contributed by atoms with van der Waals surface area (Å²) in [6.07, 6.45) is -9.52. The molecule has 0 fully saturated rings. The molecule has 0 spiro atoms. The largest absolute Gasteiger partial charge is 0.573 e. The lowest BCUT2D eigenvalue weighted by atomic mass is 10.1. The number of ether oxygens (including phenoxy) is 1. The van der Waals surface area contributed by atoms with Crippen LogP contribution in [0.2, 0.25) is 0 Å². The third-order valence-electron chi connectivity index (χ3n) is 3.98. The second kappa shape index (κ2) is 9.30. The monoisotopic (exact) mass is 458 g/mol. The van der Waals surface area contributed by atoms with E-state index >= 15 is 0 Å². The first-order chi connectivity index (χ1) is 15.0. The minimum Gasteiger partial charge on any atom is -0.406 e. The molecule has 0 saturated heterocycles. The Labute approximate surface area is 177 Å². The molecule has 0 aliphatic heterocycles. The third-order valence-corrected chi connectivity index (χ3v) is 3.98. The van der Waals surface area contributed by atoms with Crippen LogP contribution in [0.15, 0.2) is 54.6 Å². The minimum absolute atomic E-state index is 0.0409. The molecule has 0 aliphatic rings. The van der Waals surface area contributed by atoms with Gasteiger partial charge in [-0.05, 0) is 24.3 Å². The normalized spacial score (nSPS) is 11.8. The lowest BCUT2D eigenvalue weighted by Gasteiger charge is -2.15. The van der Waals surface area contributed by atoms with Crippen LogP contribution < -0.4 is 15.4 Å². The number of anilines is 3. The van der Waals surface area contributed by atoms with Gasteiger partial charge in [0, 0.05) is 18.2 Å². The summed E-state index contributed by atoms with van der Waals surface area (Å²) in [7, 11) is 0. The SMILES string of the molecule is OCCNc1nc(Nc2ccccc2C(F)(F)F)cc(-c2cccc(OC(F)(F)F)c2)n1. The molecule has 0 radical (unpaired) electrons. The number of hydrogen-bond acceptors (Lipinski definition) is 6. The standard InChI is InChI=1S/C20H16F6N4O2/c21-19(22,23)14-6-1-2-7-15(14)28-17-11-16(29-18(30-17)27-8-9-31)12-4-3-5-13(10-12)32-20(24,25)26/h1-7,10-11,31H,8-9H2,(H2,27,28,29,30). The van der Waals surface area contributed by atoms with Crippen LogP contribution in [-0.2, 0) is 6.18 Å². The second-order valence-electron chi connectivity index (χ2n) is 6.36. The molecule has 3 rings (SSSR count). The lowest BCUT2D eigenvalue weighted by Crippen LogP contribution is -2.17. The van der Waals surface area contributed by atoms with E-state index in [4.69, 9.17) is 5.11 Å². The van der Waals surface area contributed by atoms with Crippen LogP contribution in [0.25, 0.3) is 11.3 Å². The summed E-state index contributed by atoms with van der Waals surface area (Å²) >= 11 is 0. The number of aromatic nitrogens is 2.